The Labute approximate surface area is 113 Å². The van der Waals surface area contributed by atoms with Crippen molar-refractivity contribution in [2.45, 2.75) is 44.9 Å². The van der Waals surface area contributed by atoms with Gasteiger partial charge in [0.25, 0.3) is 0 Å². The number of carbonyl (C=O) groups excluding carboxylic acids is 2. The number of nitrogens with zero attached hydrogens (tertiary/aromatic N) is 1. The fraction of sp³-hybridized carbons (Fsp3) is 0.692. The summed E-state index contributed by atoms with van der Waals surface area (Å²) in [6.45, 7) is 8.81. The highest BCUT2D eigenvalue weighted by Crippen LogP contribution is 2.22. The number of likely N-dealkylation sites (tertiary alicyclic amines) is 1. The lowest BCUT2D eigenvalue weighted by Crippen LogP contribution is -2.44. The first-order valence-electron chi connectivity index (χ1n) is 6.20. The number of esters is 1. The van der Waals surface area contributed by atoms with Crippen LogP contribution >= 0.6 is 0 Å². The molecule has 1 fully saturated rings. The van der Waals surface area contributed by atoms with Crippen LogP contribution in [0.15, 0.2) is 12.7 Å². The van der Waals surface area contributed by atoms with Gasteiger partial charge in [0.05, 0.1) is 12.6 Å². The molecule has 1 aliphatic heterocycles. The summed E-state index contributed by atoms with van der Waals surface area (Å²) < 4.78 is 10.1. The van der Waals surface area contributed by atoms with E-state index in [1.807, 2.05) is 0 Å². The van der Waals surface area contributed by atoms with Crippen molar-refractivity contribution in [3.63, 3.8) is 0 Å². The third-order valence-corrected chi connectivity index (χ3v) is 2.52. The number of ether oxygens (including phenoxy) is 2. The van der Waals surface area contributed by atoms with Crippen LogP contribution in [0.3, 0.4) is 0 Å². The number of carbonyl (C=O) groups is 2. The van der Waals surface area contributed by atoms with Gasteiger partial charge in [0, 0.05) is 6.42 Å². The molecule has 0 saturated carbocycles. The first-order valence-corrected chi connectivity index (χ1v) is 6.20. The van der Waals surface area contributed by atoms with E-state index in [9.17, 15) is 14.7 Å². The van der Waals surface area contributed by atoms with Crippen LogP contribution < -0.4 is 0 Å². The van der Waals surface area contributed by atoms with Gasteiger partial charge in [0.15, 0.2) is 0 Å². The van der Waals surface area contributed by atoms with Crippen molar-refractivity contribution in [1.82, 2.24) is 4.90 Å². The first kappa shape index (κ1) is 15.5. The molecule has 19 heavy (non-hydrogen) atoms. The Bertz CT molecular complexity index is 361. The van der Waals surface area contributed by atoms with Gasteiger partial charge in [-0.25, -0.2) is 9.59 Å². The highest BCUT2D eigenvalue weighted by molar-refractivity contribution is 5.82. The van der Waals surface area contributed by atoms with Crippen molar-refractivity contribution in [3.05, 3.63) is 12.7 Å². The molecule has 0 aliphatic carbocycles. The smallest absolute Gasteiger partial charge is 0.411 e. The van der Waals surface area contributed by atoms with Gasteiger partial charge < -0.3 is 14.6 Å². The van der Waals surface area contributed by atoms with Gasteiger partial charge >= 0.3 is 12.1 Å². The lowest BCUT2D eigenvalue weighted by atomic mass is 10.2. The summed E-state index contributed by atoms with van der Waals surface area (Å²) in [4.78, 5) is 25.0. The Kier molecular flexibility index (Phi) is 4.94. The lowest BCUT2D eigenvalue weighted by Gasteiger charge is -2.27. The van der Waals surface area contributed by atoms with Crippen LogP contribution in [0.1, 0.15) is 27.2 Å². The monoisotopic (exact) mass is 271 g/mol. The molecule has 1 saturated heterocycles. The Morgan fingerprint density at radius 2 is 2.11 bits per heavy atom. The van der Waals surface area contributed by atoms with Gasteiger partial charge in [0.2, 0.25) is 0 Å². The molecule has 0 bridgehead atoms. The largest absolute Gasteiger partial charge is 0.460 e. The van der Waals surface area contributed by atoms with Crippen LogP contribution in [-0.4, -0.2) is 53.0 Å². The van der Waals surface area contributed by atoms with E-state index in [-0.39, 0.29) is 19.6 Å². The van der Waals surface area contributed by atoms with E-state index in [4.69, 9.17) is 9.47 Å². The van der Waals surface area contributed by atoms with Gasteiger partial charge in [-0.2, -0.15) is 0 Å². The molecule has 2 atom stereocenters. The first-order chi connectivity index (χ1) is 8.74. The van der Waals surface area contributed by atoms with Crippen LogP contribution in [0, 0.1) is 0 Å². The molecule has 0 aromatic heterocycles. The van der Waals surface area contributed by atoms with Gasteiger partial charge in [-0.05, 0) is 20.8 Å². The standard InChI is InChI=1S/C13H21NO5/c1-5-6-18-11(16)10-7-9(15)8-14(10)12(17)19-13(2,3)4/h5,9-10,15H,1,6-8H2,2-4H3. The van der Waals surface area contributed by atoms with Crippen molar-refractivity contribution in [1.29, 1.82) is 0 Å². The Hall–Kier alpha value is -1.56. The molecular formula is C13H21NO5. The molecule has 1 aliphatic rings. The number of aliphatic hydroxyl groups is 1. The van der Waals surface area contributed by atoms with Crippen LogP contribution in [0.25, 0.3) is 0 Å². The van der Waals surface area contributed by atoms with Crippen molar-refractivity contribution >= 4 is 12.1 Å². The molecule has 108 valence electrons. The predicted octanol–water partition coefficient (Wildman–Crippen LogP) is 1.09. The van der Waals surface area contributed by atoms with Gasteiger partial charge in [-0.15, -0.1) is 0 Å². The molecule has 1 N–H and O–H groups in total. The molecule has 1 amide bonds. The molecule has 1 rings (SSSR count). The average Bonchev–Trinajstić information content (AvgIpc) is 2.66. The van der Waals surface area contributed by atoms with E-state index < -0.39 is 29.8 Å². The molecule has 0 aromatic carbocycles. The molecule has 0 spiro atoms. The quantitative estimate of drug-likeness (QED) is 0.614. The van der Waals surface area contributed by atoms with Gasteiger partial charge in [-0.3, -0.25) is 4.90 Å². The summed E-state index contributed by atoms with van der Waals surface area (Å²) in [5.74, 6) is -0.553. The zero-order valence-electron chi connectivity index (χ0n) is 11.6. The summed E-state index contributed by atoms with van der Waals surface area (Å²) in [5.41, 5.74) is -0.653. The average molecular weight is 271 g/mol. The summed E-state index contributed by atoms with van der Waals surface area (Å²) in [5, 5.41) is 9.61. The van der Waals surface area contributed by atoms with E-state index in [2.05, 4.69) is 6.58 Å². The van der Waals surface area contributed by atoms with Crippen LogP contribution in [0.4, 0.5) is 4.79 Å². The Morgan fingerprint density at radius 1 is 1.47 bits per heavy atom. The number of β-amino-alcohol motifs (C(OH)–C–C–N with tert-alkyl or cyclic N) is 1. The molecule has 1 heterocycles. The Balaban J connectivity index is 2.71. The van der Waals surface area contributed by atoms with Gasteiger partial charge in [-0.1, -0.05) is 12.7 Å². The molecule has 6 nitrogen and oxygen atoms in total. The van der Waals surface area contributed by atoms with Crippen LogP contribution in [0.5, 0.6) is 0 Å². The van der Waals surface area contributed by atoms with Crippen molar-refractivity contribution < 1.29 is 24.2 Å². The summed E-state index contributed by atoms with van der Waals surface area (Å²) in [6.07, 6.45) is 0.245. The maximum Gasteiger partial charge on any atom is 0.411 e. The molecular weight excluding hydrogens is 250 g/mol. The molecule has 0 aromatic rings. The maximum absolute atomic E-state index is 12.0. The van der Waals surface area contributed by atoms with E-state index in [0.717, 1.165) is 0 Å². The number of hydrogen-bond acceptors (Lipinski definition) is 5. The third-order valence-electron chi connectivity index (χ3n) is 2.52. The zero-order valence-corrected chi connectivity index (χ0v) is 11.6. The minimum Gasteiger partial charge on any atom is -0.460 e. The number of aliphatic hydroxyl groups excluding tert-OH is 1. The van der Waals surface area contributed by atoms with Gasteiger partial charge in [0.1, 0.15) is 18.2 Å². The summed E-state index contributed by atoms with van der Waals surface area (Å²) in [6, 6.07) is -0.801. The maximum atomic E-state index is 12.0. The molecule has 0 radical (unpaired) electrons. The second-order valence-electron chi connectivity index (χ2n) is 5.46. The fourth-order valence-electron chi connectivity index (χ4n) is 1.80. The van der Waals surface area contributed by atoms with Crippen LogP contribution in [-0.2, 0) is 14.3 Å². The highest BCUT2D eigenvalue weighted by Gasteiger charge is 2.41. The summed E-state index contributed by atoms with van der Waals surface area (Å²) in [7, 11) is 0. The normalized spacial score (nSPS) is 23.1. The topological polar surface area (TPSA) is 76.1 Å². The second-order valence-corrected chi connectivity index (χ2v) is 5.46. The van der Waals surface area contributed by atoms with E-state index in [1.165, 1.54) is 11.0 Å². The number of hydrogen-bond donors (Lipinski definition) is 1. The van der Waals surface area contributed by atoms with Crippen LogP contribution in [0.2, 0.25) is 0 Å². The molecule has 2 unspecified atom stereocenters. The number of rotatable bonds is 3. The van der Waals surface area contributed by atoms with Crippen molar-refractivity contribution in [2.75, 3.05) is 13.2 Å². The third kappa shape index (κ3) is 4.55. The highest BCUT2D eigenvalue weighted by atomic mass is 16.6. The number of amides is 1. The Morgan fingerprint density at radius 3 is 2.63 bits per heavy atom. The molecule has 6 heteroatoms. The van der Waals surface area contributed by atoms with Crippen molar-refractivity contribution in [2.24, 2.45) is 0 Å². The van der Waals surface area contributed by atoms with Crippen molar-refractivity contribution in [3.8, 4) is 0 Å². The van der Waals surface area contributed by atoms with E-state index in [1.54, 1.807) is 20.8 Å². The van der Waals surface area contributed by atoms with E-state index in [0.29, 0.717) is 0 Å². The second kappa shape index (κ2) is 6.06. The lowest BCUT2D eigenvalue weighted by molar-refractivity contribution is -0.147. The van der Waals surface area contributed by atoms with E-state index >= 15 is 0 Å². The minimum absolute atomic E-state index is 0.0722. The SMILES string of the molecule is C=CCOC(=O)C1CC(O)CN1C(=O)OC(C)(C)C. The minimum atomic E-state index is -0.801. The summed E-state index contributed by atoms with van der Waals surface area (Å²) >= 11 is 0. The predicted molar refractivity (Wildman–Crippen MR) is 68.5 cm³/mol. The fourth-order valence-corrected chi connectivity index (χ4v) is 1.80. The zero-order chi connectivity index (χ0) is 14.6.